The first-order chi connectivity index (χ1) is 57.9. The molecule has 0 radical (unpaired) electrons. The molecule has 121 heavy (non-hydrogen) atoms. The van der Waals surface area contributed by atoms with Crippen molar-refractivity contribution >= 4 is 29.6 Å². The van der Waals surface area contributed by atoms with Crippen molar-refractivity contribution in [3.8, 4) is 0 Å². The van der Waals surface area contributed by atoms with Crippen molar-refractivity contribution in [2.75, 3.05) is 46.2 Å². The number of rotatable bonds is 56. The van der Waals surface area contributed by atoms with E-state index in [-0.39, 0.29) is 12.3 Å². The van der Waals surface area contributed by atoms with Gasteiger partial charge in [0.1, 0.15) is 140 Å². The van der Waals surface area contributed by atoms with Gasteiger partial charge in [-0.1, -0.05) is 180 Å². The van der Waals surface area contributed by atoms with Crippen molar-refractivity contribution in [2.45, 2.75) is 423 Å². The second-order valence-electron chi connectivity index (χ2n) is 32.8. The van der Waals surface area contributed by atoms with Gasteiger partial charge in [-0.3, -0.25) is 19.2 Å². The third kappa shape index (κ3) is 31.7. The van der Waals surface area contributed by atoms with E-state index in [2.05, 4.69) is 35.1 Å². The summed E-state index contributed by atoms with van der Waals surface area (Å²) in [6.45, 7) is 0.00612. The van der Waals surface area contributed by atoms with E-state index in [4.69, 9.17) is 56.8 Å². The summed E-state index contributed by atoms with van der Waals surface area (Å²) in [4.78, 5) is 65.9. The number of aliphatic hydroxyl groups excluding tert-OH is 18. The average Bonchev–Trinajstić information content (AvgIpc) is 0.750. The van der Waals surface area contributed by atoms with Gasteiger partial charge < -0.3 is 175 Å². The normalized spacial score (nSPS) is 35.8. The standard InChI is InChI=1S/C81H144N4O36/c1-6-8-10-12-14-16-18-20-21-23-25-27-29-31-33-35-56(98)85-47(48(95)34-32-30-28-26-24-22-19-17-15-13-11-9-7-2)43-110-77-66(105)65(104)69(54(41-90)114-77)116-78-67(106)73(63(102)53(40-89)113-78)119-76-59(84-46(5)94)71(62(101)52(39-88)112-76)118-79-68(107)74(70(55(42-91)115-79)117-75-58(83-45(4)93)64(103)61(100)51(38-87)111-75)121-81(80(108)109)36-49(96)57(82-44(3)92)72(120-81)60(99)50(97)37-86/h32,34,47-55,57-79,86-91,95-97,99-107H,6-31,33,35-43H2,1-5H3,(H,82,92)(H,83,93)(H,84,94)(H,85,98)(H,108,109)/b34-32+/t47-,48+,49?,50+,51?,52?,53?,54?,55?,57+,58?,59?,60+,61-,62+,63-,64+,65+,66?,67?,68?,69+,70-,71+,72?,73-,74+,75-,76-,77+,78-,79-,81-/m0/s1. The highest BCUT2D eigenvalue weighted by atomic mass is 16.8. The molecule has 704 valence electrons. The van der Waals surface area contributed by atoms with E-state index in [0.717, 1.165) is 78.6 Å². The maximum absolute atomic E-state index is 13.8. The average molecular weight is 1750 g/mol. The number of unbranched alkanes of at least 4 members (excludes halogenated alkanes) is 25. The third-order valence-corrected chi connectivity index (χ3v) is 23.1. The SMILES string of the molecule is CCCCCCCCCCCCC/C=C/[C@@H](O)[C@H](CO[C@@H]1OC(CO)[C@@H](O[C@@H]2OC(CO)[C@H](O)[C@H](O[C@@H]3OC(CO)[C@@H](O)[C@H](O[C@@H]4OC(CO)[C@H](O[C@@H]5OC(CO)[C@H](O)[C@H](O)C5NC(C)=O)[C@H](O[C@]5(C(=O)O)CC(O)[C@@H](NC(C)=O)C([C@H](O)[C@H](O)CO)O5)C4O)C3NC(C)=O)C2O)[C@H](O)C1O)NC(=O)CCCCCCCCCCCCCCCCC. The van der Waals surface area contributed by atoms with E-state index >= 15 is 0 Å². The summed E-state index contributed by atoms with van der Waals surface area (Å²) in [5, 5.41) is 224. The highest BCUT2D eigenvalue weighted by molar-refractivity contribution is 5.77. The summed E-state index contributed by atoms with van der Waals surface area (Å²) in [5.74, 6) is -8.74. The molecule has 0 saturated carbocycles. The Bertz CT molecular complexity index is 2960. The topological polar surface area (TPSA) is 629 Å². The zero-order valence-electron chi connectivity index (χ0n) is 70.5. The van der Waals surface area contributed by atoms with Crippen molar-refractivity contribution in [3.63, 3.8) is 0 Å². The first-order valence-electron chi connectivity index (χ1n) is 43.6. The fourth-order valence-electron chi connectivity index (χ4n) is 16.2. The van der Waals surface area contributed by atoms with E-state index in [1.807, 2.05) is 6.08 Å². The van der Waals surface area contributed by atoms with Crippen molar-refractivity contribution < 1.29 is 178 Å². The molecule has 6 saturated heterocycles. The lowest BCUT2D eigenvalue weighted by Crippen LogP contribution is -2.72. The number of aliphatic hydroxyl groups is 18. The maximum Gasteiger partial charge on any atom is 0.364 e. The molecule has 6 rings (SSSR count). The van der Waals surface area contributed by atoms with Crippen LogP contribution in [0.4, 0.5) is 0 Å². The van der Waals surface area contributed by atoms with Crippen LogP contribution in [0.2, 0.25) is 0 Å². The van der Waals surface area contributed by atoms with E-state index in [1.54, 1.807) is 6.08 Å². The van der Waals surface area contributed by atoms with Crippen LogP contribution in [0.15, 0.2) is 12.2 Å². The number of carboxylic acids is 1. The number of aliphatic carboxylic acids is 1. The number of ether oxygens (including phenoxy) is 12. The molecule has 0 bridgehead atoms. The second-order valence-corrected chi connectivity index (χ2v) is 32.8. The fraction of sp³-hybridized carbons (Fsp3) is 0.914. The molecule has 6 aliphatic rings. The van der Waals surface area contributed by atoms with Crippen LogP contribution in [0.5, 0.6) is 0 Å². The summed E-state index contributed by atoms with van der Waals surface area (Å²) < 4.78 is 72.4. The van der Waals surface area contributed by atoms with Crippen molar-refractivity contribution in [2.24, 2.45) is 0 Å². The van der Waals surface area contributed by atoms with Gasteiger partial charge in [0.05, 0.1) is 70.5 Å². The summed E-state index contributed by atoms with van der Waals surface area (Å²) in [7, 11) is 0. The Kier molecular flexibility index (Phi) is 48.0. The molecule has 6 aliphatic heterocycles. The van der Waals surface area contributed by atoms with Gasteiger partial charge in [-0.25, -0.2) is 4.79 Å². The number of carbonyl (C=O) groups is 5. The molecule has 12 unspecified atom stereocenters. The first kappa shape index (κ1) is 106. The third-order valence-electron chi connectivity index (χ3n) is 23.1. The van der Waals surface area contributed by atoms with Gasteiger partial charge in [-0.15, -0.1) is 0 Å². The van der Waals surface area contributed by atoms with Crippen LogP contribution >= 0.6 is 0 Å². The number of hydrogen-bond donors (Lipinski definition) is 23. The molecule has 23 N–H and O–H groups in total. The van der Waals surface area contributed by atoms with Crippen LogP contribution in [-0.4, -0.2) is 375 Å². The molecule has 4 amide bonds. The second kappa shape index (κ2) is 54.9. The van der Waals surface area contributed by atoms with E-state index in [9.17, 15) is 121 Å². The number of nitrogens with one attached hydrogen (secondary N) is 4. The molecule has 0 aromatic rings. The molecular formula is C81H144N4O36. The number of hydrogen-bond acceptors (Lipinski definition) is 35. The smallest absolute Gasteiger partial charge is 0.364 e. The molecule has 0 aromatic heterocycles. The monoisotopic (exact) mass is 1750 g/mol. The predicted molar refractivity (Wildman–Crippen MR) is 423 cm³/mol. The van der Waals surface area contributed by atoms with Crippen molar-refractivity contribution in [3.05, 3.63) is 12.2 Å². The lowest BCUT2D eigenvalue weighted by Gasteiger charge is -2.53. The molecule has 0 aliphatic carbocycles. The number of amides is 4. The van der Waals surface area contributed by atoms with Crippen molar-refractivity contribution in [1.29, 1.82) is 0 Å². The molecule has 0 aromatic carbocycles. The van der Waals surface area contributed by atoms with Crippen LogP contribution in [0, 0.1) is 0 Å². The summed E-state index contributed by atoms with van der Waals surface area (Å²) in [5.41, 5.74) is 0. The summed E-state index contributed by atoms with van der Waals surface area (Å²) >= 11 is 0. The Morgan fingerprint density at radius 2 is 0.835 bits per heavy atom. The first-order valence-corrected chi connectivity index (χ1v) is 43.6. The molecule has 40 heteroatoms. The van der Waals surface area contributed by atoms with Gasteiger partial charge in [0, 0.05) is 33.6 Å². The van der Waals surface area contributed by atoms with Crippen molar-refractivity contribution in [1.82, 2.24) is 21.3 Å². The van der Waals surface area contributed by atoms with E-state index in [1.165, 1.54) is 103 Å². The largest absolute Gasteiger partial charge is 0.477 e. The quantitative estimate of drug-likeness (QED) is 0.0212. The fourth-order valence-corrected chi connectivity index (χ4v) is 16.2. The number of carboxylic acid groups (broad SMARTS) is 1. The maximum atomic E-state index is 13.8. The highest BCUT2D eigenvalue weighted by Gasteiger charge is 2.63. The Hall–Kier alpha value is -4.11. The van der Waals surface area contributed by atoms with Crippen LogP contribution in [-0.2, 0) is 80.8 Å². The zero-order valence-corrected chi connectivity index (χ0v) is 70.5. The van der Waals surface area contributed by atoms with Gasteiger partial charge in [-0.05, 0) is 19.3 Å². The van der Waals surface area contributed by atoms with Crippen LogP contribution in [0.3, 0.4) is 0 Å². The van der Waals surface area contributed by atoms with E-state index < -0.39 is 278 Å². The number of carbonyl (C=O) groups excluding carboxylic acids is 4. The highest BCUT2D eigenvalue weighted by Crippen LogP contribution is 2.42. The van der Waals surface area contributed by atoms with Gasteiger partial charge in [0.2, 0.25) is 23.6 Å². The van der Waals surface area contributed by atoms with Crippen LogP contribution < -0.4 is 21.3 Å². The predicted octanol–water partition coefficient (Wildman–Crippen LogP) is -3.07. The zero-order chi connectivity index (χ0) is 89.0. The summed E-state index contributed by atoms with van der Waals surface area (Å²) in [6.07, 6.45) is -26.0. The lowest BCUT2D eigenvalue weighted by atomic mass is 9.88. The lowest BCUT2D eigenvalue weighted by molar-refractivity contribution is -0.400. The Morgan fingerprint density at radius 3 is 1.33 bits per heavy atom. The molecular weight excluding hydrogens is 1600 g/mol. The molecule has 0 spiro atoms. The minimum atomic E-state index is -3.42. The molecule has 40 nitrogen and oxygen atoms in total. The molecule has 6 heterocycles. The minimum Gasteiger partial charge on any atom is -0.477 e. The van der Waals surface area contributed by atoms with E-state index in [0.29, 0.717) is 12.8 Å². The molecule has 6 fully saturated rings. The van der Waals surface area contributed by atoms with Crippen LogP contribution in [0.25, 0.3) is 0 Å². The Balaban J connectivity index is 1.21. The Labute approximate surface area is 707 Å². The van der Waals surface area contributed by atoms with Gasteiger partial charge >= 0.3 is 5.97 Å². The van der Waals surface area contributed by atoms with Crippen LogP contribution in [0.1, 0.15) is 221 Å². The van der Waals surface area contributed by atoms with Gasteiger partial charge in [-0.2, -0.15) is 0 Å². The Morgan fingerprint density at radius 1 is 0.430 bits per heavy atom. The summed E-state index contributed by atoms with van der Waals surface area (Å²) in [6, 6.07) is -6.75. The molecule has 33 atom stereocenters. The minimum absolute atomic E-state index is 0.146. The number of allylic oxidation sites excluding steroid dienone is 1. The van der Waals surface area contributed by atoms with Gasteiger partial charge in [0.15, 0.2) is 31.5 Å². The van der Waals surface area contributed by atoms with Gasteiger partial charge in [0.25, 0.3) is 5.79 Å².